The minimum Gasteiger partial charge on any atom is -0.497 e. The average Bonchev–Trinajstić information content (AvgIpc) is 2.61. The molecule has 0 atom stereocenters. The third kappa shape index (κ3) is 6.27. The lowest BCUT2D eigenvalue weighted by Crippen LogP contribution is -2.21. The monoisotopic (exact) mass is 356 g/mol. The number of ether oxygens (including phenoxy) is 2. The quantitative estimate of drug-likeness (QED) is 0.743. The largest absolute Gasteiger partial charge is 0.497 e. The van der Waals surface area contributed by atoms with E-state index in [1.165, 1.54) is 14.0 Å². The molecule has 0 aliphatic rings. The Balaban J connectivity index is 1.78. The smallest absolute Gasteiger partial charge is 0.310 e. The van der Waals surface area contributed by atoms with Gasteiger partial charge in [0, 0.05) is 24.4 Å². The zero-order valence-corrected chi connectivity index (χ0v) is 14.6. The fourth-order valence-electron chi connectivity index (χ4n) is 2.17. The number of amides is 2. The summed E-state index contributed by atoms with van der Waals surface area (Å²) in [5.74, 6) is -0.507. The number of methoxy groups -OCH3 is 1. The van der Waals surface area contributed by atoms with E-state index < -0.39 is 11.9 Å². The van der Waals surface area contributed by atoms with E-state index in [1.807, 2.05) is 0 Å². The van der Waals surface area contributed by atoms with E-state index >= 15 is 0 Å². The molecule has 2 aromatic rings. The van der Waals surface area contributed by atoms with Gasteiger partial charge < -0.3 is 20.1 Å². The summed E-state index contributed by atoms with van der Waals surface area (Å²) in [7, 11) is 1.53. The van der Waals surface area contributed by atoms with Crippen molar-refractivity contribution in [2.24, 2.45) is 0 Å². The maximum Gasteiger partial charge on any atom is 0.310 e. The maximum absolute atomic E-state index is 11.8. The first-order valence-corrected chi connectivity index (χ1v) is 7.92. The van der Waals surface area contributed by atoms with Crippen LogP contribution in [-0.4, -0.2) is 31.5 Å². The molecule has 0 radical (unpaired) electrons. The first-order chi connectivity index (χ1) is 12.5. The third-order valence-electron chi connectivity index (χ3n) is 3.34. The number of carbonyl (C=O) groups is 3. The van der Waals surface area contributed by atoms with E-state index in [2.05, 4.69) is 10.6 Å². The molecule has 0 heterocycles. The van der Waals surface area contributed by atoms with Gasteiger partial charge in [0.2, 0.25) is 5.91 Å². The molecule has 0 bridgehead atoms. The van der Waals surface area contributed by atoms with Crippen LogP contribution in [0.5, 0.6) is 5.75 Å². The second-order valence-electron chi connectivity index (χ2n) is 5.50. The van der Waals surface area contributed by atoms with E-state index in [4.69, 9.17) is 9.47 Å². The van der Waals surface area contributed by atoms with E-state index in [1.54, 1.807) is 48.5 Å². The molecule has 0 aliphatic heterocycles. The SMILES string of the molecule is COc1cccc(NC(=O)COC(=O)Cc2ccc(NC(C)=O)cc2)c1. The highest BCUT2D eigenvalue weighted by molar-refractivity contribution is 5.93. The van der Waals surface area contributed by atoms with Gasteiger partial charge in [0.15, 0.2) is 6.61 Å². The van der Waals surface area contributed by atoms with Crippen LogP contribution in [0.2, 0.25) is 0 Å². The molecule has 0 saturated heterocycles. The Labute approximate surface area is 151 Å². The molecule has 0 spiro atoms. The van der Waals surface area contributed by atoms with Crippen molar-refractivity contribution in [3.8, 4) is 5.75 Å². The second-order valence-corrected chi connectivity index (χ2v) is 5.50. The van der Waals surface area contributed by atoms with Crippen molar-refractivity contribution < 1.29 is 23.9 Å². The molecule has 0 aliphatic carbocycles. The minimum absolute atomic E-state index is 0.0345. The van der Waals surface area contributed by atoms with Crippen molar-refractivity contribution >= 4 is 29.2 Å². The Hall–Kier alpha value is -3.35. The van der Waals surface area contributed by atoms with Crippen LogP contribution < -0.4 is 15.4 Å². The van der Waals surface area contributed by atoms with Gasteiger partial charge in [-0.15, -0.1) is 0 Å². The van der Waals surface area contributed by atoms with Crippen molar-refractivity contribution in [3.05, 3.63) is 54.1 Å². The van der Waals surface area contributed by atoms with Gasteiger partial charge in [0.25, 0.3) is 5.91 Å². The number of nitrogens with one attached hydrogen (secondary N) is 2. The van der Waals surface area contributed by atoms with Crippen LogP contribution in [0.3, 0.4) is 0 Å². The third-order valence-corrected chi connectivity index (χ3v) is 3.34. The molecule has 0 saturated carbocycles. The molecule has 0 fully saturated rings. The summed E-state index contributed by atoms with van der Waals surface area (Å²) in [5.41, 5.74) is 1.92. The normalized spacial score (nSPS) is 9.92. The summed E-state index contributed by atoms with van der Waals surface area (Å²) >= 11 is 0. The maximum atomic E-state index is 11.8. The van der Waals surface area contributed by atoms with Crippen LogP contribution in [0, 0.1) is 0 Å². The lowest BCUT2D eigenvalue weighted by atomic mass is 10.1. The predicted octanol–water partition coefficient (Wildman–Crippen LogP) is 2.38. The fraction of sp³-hybridized carbons (Fsp3) is 0.211. The first kappa shape index (κ1) is 19.0. The number of benzene rings is 2. The molecular formula is C19H20N2O5. The molecule has 0 unspecified atom stereocenters. The van der Waals surface area contributed by atoms with Gasteiger partial charge in [-0.25, -0.2) is 0 Å². The Morgan fingerprint density at radius 1 is 0.962 bits per heavy atom. The molecule has 2 amide bonds. The number of hydrogen-bond acceptors (Lipinski definition) is 5. The van der Waals surface area contributed by atoms with E-state index in [0.29, 0.717) is 17.1 Å². The molecule has 7 nitrogen and oxygen atoms in total. The Morgan fingerprint density at radius 2 is 1.69 bits per heavy atom. The topological polar surface area (TPSA) is 93.7 Å². The number of esters is 1. The summed E-state index contributed by atoms with van der Waals surface area (Å²) in [6, 6.07) is 13.7. The molecule has 26 heavy (non-hydrogen) atoms. The Morgan fingerprint density at radius 3 is 2.35 bits per heavy atom. The molecule has 0 aromatic heterocycles. The number of anilines is 2. The Bertz CT molecular complexity index is 787. The van der Waals surface area contributed by atoms with E-state index in [0.717, 1.165) is 5.56 Å². The van der Waals surface area contributed by atoms with Gasteiger partial charge in [0.05, 0.1) is 13.5 Å². The van der Waals surface area contributed by atoms with Crippen molar-refractivity contribution in [1.29, 1.82) is 0 Å². The van der Waals surface area contributed by atoms with Crippen LogP contribution in [0.4, 0.5) is 11.4 Å². The van der Waals surface area contributed by atoms with Gasteiger partial charge in [-0.1, -0.05) is 18.2 Å². The average molecular weight is 356 g/mol. The van der Waals surface area contributed by atoms with E-state index in [9.17, 15) is 14.4 Å². The van der Waals surface area contributed by atoms with Crippen molar-refractivity contribution in [2.75, 3.05) is 24.4 Å². The van der Waals surface area contributed by atoms with Gasteiger partial charge >= 0.3 is 5.97 Å². The lowest BCUT2D eigenvalue weighted by Gasteiger charge is -2.08. The van der Waals surface area contributed by atoms with Gasteiger partial charge in [-0.2, -0.15) is 0 Å². The summed E-state index contributed by atoms with van der Waals surface area (Å²) in [4.78, 5) is 34.6. The first-order valence-electron chi connectivity index (χ1n) is 7.92. The molecule has 2 aromatic carbocycles. The van der Waals surface area contributed by atoms with Gasteiger partial charge in [-0.3, -0.25) is 14.4 Å². The highest BCUT2D eigenvalue weighted by Crippen LogP contribution is 2.16. The van der Waals surface area contributed by atoms with E-state index in [-0.39, 0.29) is 18.9 Å². The van der Waals surface area contributed by atoms with Gasteiger partial charge in [0.1, 0.15) is 5.75 Å². The molecule has 2 rings (SSSR count). The predicted molar refractivity (Wildman–Crippen MR) is 97.0 cm³/mol. The highest BCUT2D eigenvalue weighted by atomic mass is 16.5. The summed E-state index contributed by atoms with van der Waals surface area (Å²) in [6.45, 7) is 1.04. The standard InChI is InChI=1S/C19H20N2O5/c1-13(22)20-15-8-6-14(7-9-15)10-19(24)26-12-18(23)21-16-4-3-5-17(11-16)25-2/h3-9,11H,10,12H2,1-2H3,(H,20,22)(H,21,23). The van der Waals surface area contributed by atoms with Gasteiger partial charge in [-0.05, 0) is 29.8 Å². The summed E-state index contributed by atoms with van der Waals surface area (Å²) in [5, 5.41) is 5.26. The zero-order valence-electron chi connectivity index (χ0n) is 14.6. The molecule has 136 valence electrons. The molecule has 7 heteroatoms. The molecular weight excluding hydrogens is 336 g/mol. The highest BCUT2D eigenvalue weighted by Gasteiger charge is 2.09. The van der Waals surface area contributed by atoms with Crippen molar-refractivity contribution in [3.63, 3.8) is 0 Å². The zero-order chi connectivity index (χ0) is 18.9. The second kappa shape index (κ2) is 9.22. The van der Waals surface area contributed by atoms with Crippen LogP contribution in [0.15, 0.2) is 48.5 Å². The number of rotatable bonds is 7. The van der Waals surface area contributed by atoms with Crippen molar-refractivity contribution in [1.82, 2.24) is 0 Å². The van der Waals surface area contributed by atoms with Crippen LogP contribution in [0.25, 0.3) is 0 Å². The number of hydrogen-bond donors (Lipinski definition) is 2. The molecule has 2 N–H and O–H groups in total. The Kier molecular flexibility index (Phi) is 6.73. The summed E-state index contributed by atoms with van der Waals surface area (Å²) in [6.07, 6.45) is 0.0345. The summed E-state index contributed by atoms with van der Waals surface area (Å²) < 4.78 is 10.1. The lowest BCUT2D eigenvalue weighted by molar-refractivity contribution is -0.146. The fourth-order valence-corrected chi connectivity index (χ4v) is 2.17. The van der Waals surface area contributed by atoms with Crippen LogP contribution >= 0.6 is 0 Å². The van der Waals surface area contributed by atoms with Crippen LogP contribution in [0.1, 0.15) is 12.5 Å². The minimum atomic E-state index is -0.516. The van der Waals surface area contributed by atoms with Crippen LogP contribution in [-0.2, 0) is 25.5 Å². The number of carbonyl (C=O) groups excluding carboxylic acids is 3. The van der Waals surface area contributed by atoms with Crippen molar-refractivity contribution in [2.45, 2.75) is 13.3 Å².